The zero-order chi connectivity index (χ0) is 21.1. The molecular formula is C25H23N5. The molecule has 0 saturated carbocycles. The molecule has 0 radical (unpaired) electrons. The highest BCUT2D eigenvalue weighted by molar-refractivity contribution is 5.82. The summed E-state index contributed by atoms with van der Waals surface area (Å²) in [6.45, 7) is 8.52. The van der Waals surface area contributed by atoms with Gasteiger partial charge in [0.15, 0.2) is 0 Å². The number of anilines is 1. The normalized spacial score (nSPS) is 10.9. The van der Waals surface area contributed by atoms with Gasteiger partial charge in [0.05, 0.1) is 16.8 Å². The van der Waals surface area contributed by atoms with Crippen molar-refractivity contribution in [3.63, 3.8) is 0 Å². The third-order valence-electron chi connectivity index (χ3n) is 5.09. The lowest BCUT2D eigenvalue weighted by Crippen LogP contribution is -2.02. The molecule has 0 saturated heterocycles. The van der Waals surface area contributed by atoms with E-state index in [2.05, 4.69) is 84.6 Å². The van der Waals surface area contributed by atoms with E-state index in [1.807, 2.05) is 22.9 Å². The standard InChI is InChI=1S/C25H23N5/c1-4-13-27-23-11-9-20(14-22(23)16-26)18-5-7-19(8-6-18)21-10-12-25-24(15-21)28-29-30(25)17(2)3/h4-12,14-15,17,27H,1,13H2,2-3H3. The van der Waals surface area contributed by atoms with Gasteiger partial charge in [-0.25, -0.2) is 4.68 Å². The quantitative estimate of drug-likeness (QED) is 0.419. The van der Waals surface area contributed by atoms with Crippen molar-refractivity contribution < 1.29 is 0 Å². The molecule has 0 aliphatic rings. The number of hydrogen-bond donors (Lipinski definition) is 1. The first-order valence-corrected chi connectivity index (χ1v) is 9.95. The molecule has 0 amide bonds. The van der Waals surface area contributed by atoms with Crippen LogP contribution in [0, 0.1) is 11.3 Å². The molecule has 1 heterocycles. The lowest BCUT2D eigenvalue weighted by Gasteiger charge is -2.10. The molecule has 5 nitrogen and oxygen atoms in total. The van der Waals surface area contributed by atoms with Crippen molar-refractivity contribution in [2.45, 2.75) is 19.9 Å². The van der Waals surface area contributed by atoms with Gasteiger partial charge in [-0.05, 0) is 60.4 Å². The minimum absolute atomic E-state index is 0.275. The zero-order valence-corrected chi connectivity index (χ0v) is 17.1. The van der Waals surface area contributed by atoms with E-state index in [1.54, 1.807) is 6.08 Å². The molecule has 0 spiro atoms. The number of rotatable bonds is 6. The molecule has 4 rings (SSSR count). The molecule has 30 heavy (non-hydrogen) atoms. The summed E-state index contributed by atoms with van der Waals surface area (Å²) < 4.78 is 1.93. The highest BCUT2D eigenvalue weighted by Gasteiger charge is 2.09. The van der Waals surface area contributed by atoms with Gasteiger partial charge in [-0.3, -0.25) is 0 Å². The van der Waals surface area contributed by atoms with Gasteiger partial charge in [0.25, 0.3) is 0 Å². The molecule has 0 unspecified atom stereocenters. The van der Waals surface area contributed by atoms with Crippen LogP contribution in [0.25, 0.3) is 33.3 Å². The summed E-state index contributed by atoms with van der Waals surface area (Å²) >= 11 is 0. The third-order valence-corrected chi connectivity index (χ3v) is 5.09. The Hall–Kier alpha value is -3.91. The Morgan fingerprint density at radius 2 is 1.63 bits per heavy atom. The Morgan fingerprint density at radius 1 is 1.00 bits per heavy atom. The van der Waals surface area contributed by atoms with Crippen LogP contribution in [0.4, 0.5) is 5.69 Å². The second kappa shape index (κ2) is 8.22. The molecule has 0 aliphatic heterocycles. The molecule has 0 atom stereocenters. The summed E-state index contributed by atoms with van der Waals surface area (Å²) in [5.41, 5.74) is 7.68. The van der Waals surface area contributed by atoms with Crippen molar-refractivity contribution in [1.29, 1.82) is 5.26 Å². The van der Waals surface area contributed by atoms with Crippen molar-refractivity contribution in [3.8, 4) is 28.3 Å². The minimum Gasteiger partial charge on any atom is -0.381 e. The lowest BCUT2D eigenvalue weighted by atomic mass is 9.98. The molecule has 0 aliphatic carbocycles. The fourth-order valence-electron chi connectivity index (χ4n) is 3.51. The highest BCUT2D eigenvalue weighted by atomic mass is 15.4. The SMILES string of the molecule is C=CCNc1ccc(-c2ccc(-c3ccc4c(c3)nnn4C(C)C)cc2)cc1C#N. The van der Waals surface area contributed by atoms with Crippen LogP contribution in [0.3, 0.4) is 0 Å². The predicted molar refractivity (Wildman–Crippen MR) is 122 cm³/mol. The van der Waals surface area contributed by atoms with Crippen molar-refractivity contribution in [2.75, 3.05) is 11.9 Å². The molecular weight excluding hydrogens is 370 g/mol. The Morgan fingerprint density at radius 3 is 2.27 bits per heavy atom. The Labute approximate surface area is 176 Å². The van der Waals surface area contributed by atoms with Gasteiger partial charge in [0, 0.05) is 12.6 Å². The second-order valence-electron chi connectivity index (χ2n) is 7.45. The minimum atomic E-state index is 0.275. The van der Waals surface area contributed by atoms with Gasteiger partial charge in [0.2, 0.25) is 0 Å². The number of fused-ring (bicyclic) bond motifs is 1. The molecule has 0 fully saturated rings. The molecule has 1 N–H and O–H groups in total. The maximum atomic E-state index is 9.48. The first-order valence-electron chi connectivity index (χ1n) is 9.95. The molecule has 4 aromatic rings. The Kier molecular flexibility index (Phi) is 5.32. The maximum Gasteiger partial charge on any atom is 0.113 e. The largest absolute Gasteiger partial charge is 0.381 e. The first-order chi connectivity index (χ1) is 14.6. The smallest absolute Gasteiger partial charge is 0.113 e. The molecule has 0 bridgehead atoms. The van der Waals surface area contributed by atoms with Gasteiger partial charge in [0.1, 0.15) is 11.6 Å². The Balaban J connectivity index is 1.62. The first kappa shape index (κ1) is 19.4. The van der Waals surface area contributed by atoms with Crippen LogP contribution in [0.5, 0.6) is 0 Å². The van der Waals surface area contributed by atoms with E-state index in [1.165, 1.54) is 0 Å². The van der Waals surface area contributed by atoms with E-state index < -0.39 is 0 Å². The summed E-state index contributed by atoms with van der Waals surface area (Å²) in [5.74, 6) is 0. The summed E-state index contributed by atoms with van der Waals surface area (Å²) in [6, 6.07) is 23.0. The average molecular weight is 393 g/mol. The van der Waals surface area contributed by atoms with Crippen LogP contribution in [-0.2, 0) is 0 Å². The van der Waals surface area contributed by atoms with E-state index >= 15 is 0 Å². The van der Waals surface area contributed by atoms with E-state index in [4.69, 9.17) is 0 Å². The van der Waals surface area contributed by atoms with Gasteiger partial charge in [-0.2, -0.15) is 5.26 Å². The lowest BCUT2D eigenvalue weighted by molar-refractivity contribution is 0.530. The van der Waals surface area contributed by atoms with E-state index in [-0.39, 0.29) is 6.04 Å². The summed E-state index contributed by atoms with van der Waals surface area (Å²) in [6.07, 6.45) is 1.77. The fourth-order valence-corrected chi connectivity index (χ4v) is 3.51. The third kappa shape index (κ3) is 3.68. The van der Waals surface area contributed by atoms with Crippen LogP contribution >= 0.6 is 0 Å². The topological polar surface area (TPSA) is 66.5 Å². The fraction of sp³-hybridized carbons (Fsp3) is 0.160. The van der Waals surface area contributed by atoms with Crippen LogP contribution in [0.15, 0.2) is 73.3 Å². The van der Waals surface area contributed by atoms with Gasteiger partial charge in [-0.1, -0.05) is 47.7 Å². The maximum absolute atomic E-state index is 9.48. The van der Waals surface area contributed by atoms with Gasteiger partial charge in [-0.15, -0.1) is 11.7 Å². The van der Waals surface area contributed by atoms with E-state index in [0.717, 1.165) is 39.0 Å². The second-order valence-corrected chi connectivity index (χ2v) is 7.45. The van der Waals surface area contributed by atoms with E-state index in [0.29, 0.717) is 12.1 Å². The summed E-state index contributed by atoms with van der Waals surface area (Å²) in [5, 5.41) is 21.2. The molecule has 1 aromatic heterocycles. The van der Waals surface area contributed by atoms with Crippen LogP contribution in [-0.4, -0.2) is 21.5 Å². The average Bonchev–Trinajstić information content (AvgIpc) is 3.21. The molecule has 5 heteroatoms. The number of nitrogens with one attached hydrogen (secondary N) is 1. The van der Waals surface area contributed by atoms with Crippen LogP contribution < -0.4 is 5.32 Å². The van der Waals surface area contributed by atoms with Gasteiger partial charge >= 0.3 is 0 Å². The summed E-state index contributed by atoms with van der Waals surface area (Å²) in [4.78, 5) is 0. The van der Waals surface area contributed by atoms with Crippen molar-refractivity contribution >= 4 is 16.7 Å². The van der Waals surface area contributed by atoms with E-state index in [9.17, 15) is 5.26 Å². The van der Waals surface area contributed by atoms with Crippen LogP contribution in [0.1, 0.15) is 25.5 Å². The molecule has 148 valence electrons. The summed E-state index contributed by atoms with van der Waals surface area (Å²) in [7, 11) is 0. The van der Waals surface area contributed by atoms with Crippen molar-refractivity contribution in [1.82, 2.24) is 15.0 Å². The predicted octanol–water partition coefficient (Wildman–Crippen LogP) is 5.82. The van der Waals surface area contributed by atoms with Crippen molar-refractivity contribution in [2.24, 2.45) is 0 Å². The number of benzene rings is 3. The van der Waals surface area contributed by atoms with Crippen LogP contribution in [0.2, 0.25) is 0 Å². The number of aromatic nitrogens is 3. The number of hydrogen-bond acceptors (Lipinski definition) is 4. The van der Waals surface area contributed by atoms with Gasteiger partial charge < -0.3 is 5.32 Å². The zero-order valence-electron chi connectivity index (χ0n) is 17.1. The molecule has 3 aromatic carbocycles. The number of nitriles is 1. The number of nitrogens with zero attached hydrogens (tertiary/aromatic N) is 4. The Bertz CT molecular complexity index is 1240. The van der Waals surface area contributed by atoms with Crippen molar-refractivity contribution in [3.05, 3.63) is 78.9 Å². The monoisotopic (exact) mass is 393 g/mol. The highest BCUT2D eigenvalue weighted by Crippen LogP contribution is 2.29.